The molecular weight excluding hydrogens is 292 g/mol. The average molecular weight is 314 g/mol. The van der Waals surface area contributed by atoms with Crippen molar-refractivity contribution in [3.05, 3.63) is 17.0 Å². The lowest BCUT2D eigenvalue weighted by Crippen LogP contribution is -2.29. The molecule has 0 saturated heterocycles. The minimum Gasteiger partial charge on any atom is -0.461 e. The molecule has 1 aromatic heterocycles. The van der Waals surface area contributed by atoms with Gasteiger partial charge in [-0.15, -0.1) is 0 Å². The van der Waals surface area contributed by atoms with Gasteiger partial charge in [-0.05, 0) is 32.6 Å². The number of rotatable bonds is 5. The summed E-state index contributed by atoms with van der Waals surface area (Å²) in [6, 6.07) is -0.0535. The minimum absolute atomic E-state index is 0.00480. The highest BCUT2D eigenvalue weighted by molar-refractivity contribution is 7.89. The van der Waals surface area contributed by atoms with Crippen LogP contribution in [0.15, 0.2) is 4.90 Å². The van der Waals surface area contributed by atoms with Crippen LogP contribution in [0.2, 0.25) is 0 Å². The van der Waals surface area contributed by atoms with Crippen LogP contribution < -0.4 is 4.72 Å². The van der Waals surface area contributed by atoms with Crippen LogP contribution in [0.5, 0.6) is 0 Å². The number of carbonyl (C=O) groups excluding carboxylic acids is 1. The molecule has 0 radical (unpaired) electrons. The first-order chi connectivity index (χ1) is 9.60. The number of nitrogens with one attached hydrogen (secondary N) is 2. The van der Waals surface area contributed by atoms with Gasteiger partial charge in [-0.3, -0.25) is 0 Å². The zero-order valence-corrected chi connectivity index (χ0v) is 13.8. The summed E-state index contributed by atoms with van der Waals surface area (Å²) in [5, 5.41) is 0. The number of aryl methyl sites for hydroxylation is 1. The minimum atomic E-state index is -3.65. The van der Waals surface area contributed by atoms with Gasteiger partial charge in [-0.1, -0.05) is 13.8 Å². The summed E-state index contributed by atoms with van der Waals surface area (Å²) in [5.74, 6) is -0.536. The molecule has 6 nitrogen and oxygen atoms in total. The second-order valence-electron chi connectivity index (χ2n) is 6.17. The number of ether oxygens (including phenoxy) is 1. The Labute approximate surface area is 125 Å². The summed E-state index contributed by atoms with van der Waals surface area (Å²) in [6.07, 6.45) is 0.819. The summed E-state index contributed by atoms with van der Waals surface area (Å²) < 4.78 is 32.7. The molecule has 0 bridgehead atoms. The maximum Gasteiger partial charge on any atom is 0.355 e. The lowest BCUT2D eigenvalue weighted by Gasteiger charge is -2.09. The van der Waals surface area contributed by atoms with Crippen molar-refractivity contribution in [2.75, 3.05) is 6.61 Å². The molecule has 1 saturated carbocycles. The van der Waals surface area contributed by atoms with Crippen molar-refractivity contribution in [1.29, 1.82) is 0 Å². The molecule has 0 amide bonds. The molecule has 118 valence electrons. The molecule has 1 aliphatic carbocycles. The van der Waals surface area contributed by atoms with Crippen LogP contribution in [0, 0.1) is 19.3 Å². The Bertz CT molecular complexity index is 673. The fourth-order valence-electron chi connectivity index (χ4n) is 2.46. The molecule has 1 fully saturated rings. The fraction of sp³-hybridized carbons (Fsp3) is 0.643. The third-order valence-corrected chi connectivity index (χ3v) is 5.67. The zero-order chi connectivity index (χ0) is 16.0. The molecule has 0 spiro atoms. The van der Waals surface area contributed by atoms with E-state index in [1.165, 1.54) is 0 Å². The molecule has 2 N–H and O–H groups in total. The topological polar surface area (TPSA) is 88.3 Å². The highest BCUT2D eigenvalue weighted by Gasteiger charge is 2.48. The SMILES string of the molecule is CCOC(=O)c1[nH]c(C)c(S(=O)(=O)NC2CC2(C)C)c1C. The van der Waals surface area contributed by atoms with Crippen molar-refractivity contribution in [2.45, 2.75) is 52.0 Å². The summed E-state index contributed by atoms with van der Waals surface area (Å²) in [7, 11) is -3.65. The van der Waals surface area contributed by atoms with Gasteiger partial charge in [0.25, 0.3) is 0 Å². The van der Waals surface area contributed by atoms with E-state index in [4.69, 9.17) is 4.74 Å². The third-order valence-electron chi connectivity index (χ3n) is 3.93. The van der Waals surface area contributed by atoms with E-state index >= 15 is 0 Å². The molecule has 2 rings (SSSR count). The molecule has 0 aromatic carbocycles. The number of aromatic nitrogens is 1. The highest BCUT2D eigenvalue weighted by atomic mass is 32.2. The maximum absolute atomic E-state index is 12.5. The highest BCUT2D eigenvalue weighted by Crippen LogP contribution is 2.45. The van der Waals surface area contributed by atoms with E-state index in [1.54, 1.807) is 20.8 Å². The second kappa shape index (κ2) is 5.14. The van der Waals surface area contributed by atoms with Gasteiger partial charge in [0, 0.05) is 17.3 Å². The van der Waals surface area contributed by atoms with Crippen LogP contribution in [-0.4, -0.2) is 32.0 Å². The molecule has 0 aliphatic heterocycles. The molecule has 1 atom stereocenters. The van der Waals surface area contributed by atoms with Gasteiger partial charge >= 0.3 is 5.97 Å². The van der Waals surface area contributed by atoms with Gasteiger partial charge in [0.1, 0.15) is 10.6 Å². The van der Waals surface area contributed by atoms with Crippen LogP contribution in [0.1, 0.15) is 48.9 Å². The lowest BCUT2D eigenvalue weighted by molar-refractivity contribution is 0.0519. The number of hydrogen-bond donors (Lipinski definition) is 2. The van der Waals surface area contributed by atoms with Crippen molar-refractivity contribution in [3.8, 4) is 0 Å². The lowest BCUT2D eigenvalue weighted by atomic mass is 10.2. The van der Waals surface area contributed by atoms with Crippen molar-refractivity contribution >= 4 is 16.0 Å². The third kappa shape index (κ3) is 2.98. The van der Waals surface area contributed by atoms with Crippen LogP contribution in [0.25, 0.3) is 0 Å². The second-order valence-corrected chi connectivity index (χ2v) is 7.82. The smallest absolute Gasteiger partial charge is 0.355 e. The molecule has 1 heterocycles. The maximum atomic E-state index is 12.5. The van der Waals surface area contributed by atoms with E-state index in [0.717, 1.165) is 6.42 Å². The summed E-state index contributed by atoms with van der Waals surface area (Å²) in [6.45, 7) is 9.23. The Morgan fingerprint density at radius 1 is 1.43 bits per heavy atom. The predicted octanol–water partition coefficient (Wildman–Crippen LogP) is 1.89. The van der Waals surface area contributed by atoms with Gasteiger partial charge < -0.3 is 9.72 Å². The van der Waals surface area contributed by atoms with Crippen LogP contribution in [0.3, 0.4) is 0 Å². The number of carbonyl (C=O) groups is 1. The van der Waals surface area contributed by atoms with E-state index in [1.807, 2.05) is 13.8 Å². The Hall–Kier alpha value is -1.34. The average Bonchev–Trinajstić information content (AvgIpc) is 2.78. The Balaban J connectivity index is 2.34. The largest absolute Gasteiger partial charge is 0.461 e. The number of hydrogen-bond acceptors (Lipinski definition) is 4. The van der Waals surface area contributed by atoms with E-state index in [-0.39, 0.29) is 28.7 Å². The number of H-pyrrole nitrogens is 1. The number of aromatic amines is 1. The number of sulfonamides is 1. The Kier molecular flexibility index (Phi) is 3.92. The predicted molar refractivity (Wildman–Crippen MR) is 78.7 cm³/mol. The quantitative estimate of drug-likeness (QED) is 0.812. The van der Waals surface area contributed by atoms with Crippen LogP contribution >= 0.6 is 0 Å². The first-order valence-corrected chi connectivity index (χ1v) is 8.47. The monoisotopic (exact) mass is 314 g/mol. The molecule has 21 heavy (non-hydrogen) atoms. The molecule has 1 aromatic rings. The van der Waals surface area contributed by atoms with Crippen molar-refractivity contribution in [3.63, 3.8) is 0 Å². The van der Waals surface area contributed by atoms with Gasteiger partial charge in [0.2, 0.25) is 10.0 Å². The summed E-state index contributed by atoms with van der Waals surface area (Å²) >= 11 is 0. The van der Waals surface area contributed by atoms with Crippen molar-refractivity contribution in [1.82, 2.24) is 9.71 Å². The fourth-order valence-corrected chi connectivity index (χ4v) is 4.31. The molecule has 1 aliphatic rings. The summed E-state index contributed by atoms with van der Waals surface area (Å²) in [4.78, 5) is 14.8. The van der Waals surface area contributed by atoms with Crippen molar-refractivity contribution < 1.29 is 17.9 Å². The van der Waals surface area contributed by atoms with Crippen molar-refractivity contribution in [2.24, 2.45) is 5.41 Å². The summed E-state index contributed by atoms with van der Waals surface area (Å²) in [5.41, 5.74) is 1.04. The van der Waals surface area contributed by atoms with Gasteiger partial charge in [0.05, 0.1) is 6.61 Å². The normalized spacial score (nSPS) is 20.3. The van der Waals surface area contributed by atoms with E-state index in [2.05, 4.69) is 9.71 Å². The van der Waals surface area contributed by atoms with Gasteiger partial charge in [0.15, 0.2) is 0 Å². The van der Waals surface area contributed by atoms with Gasteiger partial charge in [-0.2, -0.15) is 0 Å². The standard InChI is InChI=1S/C14H22N2O4S/c1-6-20-13(17)11-8(2)12(9(3)15-11)21(18,19)16-10-7-14(10,4)5/h10,15-16H,6-7H2,1-5H3. The Morgan fingerprint density at radius 3 is 2.48 bits per heavy atom. The molecular formula is C14H22N2O4S. The van der Waals surface area contributed by atoms with E-state index in [9.17, 15) is 13.2 Å². The van der Waals surface area contributed by atoms with Gasteiger partial charge in [-0.25, -0.2) is 17.9 Å². The van der Waals surface area contributed by atoms with E-state index in [0.29, 0.717) is 11.3 Å². The van der Waals surface area contributed by atoms with Crippen LogP contribution in [0.4, 0.5) is 0 Å². The molecule has 7 heteroatoms. The first kappa shape index (κ1) is 16.0. The van der Waals surface area contributed by atoms with Crippen LogP contribution in [-0.2, 0) is 14.8 Å². The van der Waals surface area contributed by atoms with E-state index < -0.39 is 16.0 Å². The zero-order valence-electron chi connectivity index (χ0n) is 13.0. The number of esters is 1. The first-order valence-electron chi connectivity index (χ1n) is 6.98. The Morgan fingerprint density at radius 2 is 2.00 bits per heavy atom. The molecule has 1 unspecified atom stereocenters.